The third-order valence-corrected chi connectivity index (χ3v) is 3.38. The van der Waals surface area contributed by atoms with Gasteiger partial charge in [0.15, 0.2) is 0 Å². The molecule has 3 nitrogen and oxygen atoms in total. The van der Waals surface area contributed by atoms with Gasteiger partial charge in [0.05, 0.1) is 0 Å². The van der Waals surface area contributed by atoms with Crippen molar-refractivity contribution in [3.8, 4) is 5.75 Å². The Labute approximate surface area is 128 Å². The van der Waals surface area contributed by atoms with Crippen molar-refractivity contribution in [2.75, 3.05) is 18.5 Å². The number of benzene rings is 2. The molecule has 0 saturated carbocycles. The molecule has 5 heteroatoms. The maximum Gasteiger partial charge on any atom is 0.123 e. The fourth-order valence-corrected chi connectivity index (χ4v) is 1.90. The molecule has 0 aliphatic rings. The molecule has 2 aromatic carbocycles. The molecular formula is C16H17ClFNO2. The second-order valence-corrected chi connectivity index (χ2v) is 5.17. The first-order valence-electron chi connectivity index (χ1n) is 6.61. The molecular weight excluding hydrogens is 293 g/mol. The number of nitrogens with one attached hydrogen (secondary N) is 1. The highest BCUT2D eigenvalue weighted by molar-refractivity contribution is 6.31. The number of halogens is 2. The SMILES string of the molecule is Cc1ccc(NCC(O)COc2ccc(F)cc2)cc1Cl. The van der Waals surface area contributed by atoms with E-state index in [1.54, 1.807) is 0 Å². The van der Waals surface area contributed by atoms with Gasteiger partial charge in [-0.05, 0) is 48.9 Å². The van der Waals surface area contributed by atoms with Crippen molar-refractivity contribution in [2.24, 2.45) is 0 Å². The van der Waals surface area contributed by atoms with E-state index in [0.29, 0.717) is 17.3 Å². The number of anilines is 1. The van der Waals surface area contributed by atoms with Gasteiger partial charge in [0, 0.05) is 17.3 Å². The molecule has 0 bridgehead atoms. The van der Waals surface area contributed by atoms with Crippen LogP contribution in [0.3, 0.4) is 0 Å². The second kappa shape index (κ2) is 7.29. The number of aliphatic hydroxyl groups excluding tert-OH is 1. The third kappa shape index (κ3) is 4.92. The van der Waals surface area contributed by atoms with E-state index in [-0.39, 0.29) is 12.4 Å². The molecule has 21 heavy (non-hydrogen) atoms. The van der Waals surface area contributed by atoms with Crippen molar-refractivity contribution in [1.82, 2.24) is 0 Å². The Balaban J connectivity index is 1.77. The number of hydrogen-bond donors (Lipinski definition) is 2. The lowest BCUT2D eigenvalue weighted by Crippen LogP contribution is -2.26. The van der Waals surface area contributed by atoms with Gasteiger partial charge in [-0.15, -0.1) is 0 Å². The Morgan fingerprint density at radius 2 is 1.95 bits per heavy atom. The average molecular weight is 310 g/mol. The minimum Gasteiger partial charge on any atom is -0.491 e. The normalized spacial score (nSPS) is 12.0. The van der Waals surface area contributed by atoms with Crippen LogP contribution in [0.4, 0.5) is 10.1 Å². The van der Waals surface area contributed by atoms with Crippen LogP contribution < -0.4 is 10.1 Å². The minimum atomic E-state index is -0.685. The van der Waals surface area contributed by atoms with Crippen LogP contribution in [-0.2, 0) is 0 Å². The van der Waals surface area contributed by atoms with Gasteiger partial charge in [-0.25, -0.2) is 4.39 Å². The monoisotopic (exact) mass is 309 g/mol. The summed E-state index contributed by atoms with van der Waals surface area (Å²) in [6, 6.07) is 11.3. The smallest absolute Gasteiger partial charge is 0.123 e. The van der Waals surface area contributed by atoms with E-state index in [1.807, 2.05) is 25.1 Å². The van der Waals surface area contributed by atoms with Gasteiger partial charge < -0.3 is 15.2 Å². The van der Waals surface area contributed by atoms with Crippen LogP contribution in [0.25, 0.3) is 0 Å². The zero-order chi connectivity index (χ0) is 15.2. The van der Waals surface area contributed by atoms with Gasteiger partial charge in [0.1, 0.15) is 24.3 Å². The molecule has 2 rings (SSSR count). The van der Waals surface area contributed by atoms with Crippen LogP contribution in [-0.4, -0.2) is 24.4 Å². The lowest BCUT2D eigenvalue weighted by Gasteiger charge is -2.14. The molecule has 0 heterocycles. The molecule has 0 radical (unpaired) electrons. The van der Waals surface area contributed by atoms with Crippen molar-refractivity contribution < 1.29 is 14.2 Å². The Morgan fingerprint density at radius 3 is 2.62 bits per heavy atom. The molecule has 2 N–H and O–H groups in total. The topological polar surface area (TPSA) is 41.5 Å². The third-order valence-electron chi connectivity index (χ3n) is 2.97. The fourth-order valence-electron chi connectivity index (χ4n) is 1.72. The van der Waals surface area contributed by atoms with Crippen LogP contribution in [0.15, 0.2) is 42.5 Å². The zero-order valence-electron chi connectivity index (χ0n) is 11.6. The molecule has 1 unspecified atom stereocenters. The number of hydrogen-bond acceptors (Lipinski definition) is 3. The van der Waals surface area contributed by atoms with E-state index in [2.05, 4.69) is 5.32 Å². The predicted molar refractivity (Wildman–Crippen MR) is 82.6 cm³/mol. The van der Waals surface area contributed by atoms with Gasteiger partial charge in [-0.2, -0.15) is 0 Å². The summed E-state index contributed by atoms with van der Waals surface area (Å²) >= 11 is 6.03. The van der Waals surface area contributed by atoms with Crippen molar-refractivity contribution in [3.63, 3.8) is 0 Å². The first kappa shape index (κ1) is 15.6. The molecule has 0 aromatic heterocycles. The van der Waals surface area contributed by atoms with Crippen molar-refractivity contribution >= 4 is 17.3 Å². The standard InChI is InChI=1S/C16H17ClFNO2/c1-11-2-5-13(8-16(11)17)19-9-14(20)10-21-15-6-3-12(18)4-7-15/h2-8,14,19-20H,9-10H2,1H3. The van der Waals surface area contributed by atoms with Crippen molar-refractivity contribution in [2.45, 2.75) is 13.0 Å². The second-order valence-electron chi connectivity index (χ2n) is 4.76. The predicted octanol–water partition coefficient (Wildman–Crippen LogP) is 3.64. The molecule has 2 aromatic rings. The van der Waals surface area contributed by atoms with E-state index < -0.39 is 6.10 Å². The molecule has 1 atom stereocenters. The summed E-state index contributed by atoms with van der Waals surface area (Å²) in [6.07, 6.45) is -0.685. The van der Waals surface area contributed by atoms with E-state index in [0.717, 1.165) is 11.3 Å². The summed E-state index contributed by atoms with van der Waals surface area (Å²) in [5.41, 5.74) is 1.84. The maximum atomic E-state index is 12.7. The summed E-state index contributed by atoms with van der Waals surface area (Å²) < 4.78 is 18.1. The highest BCUT2D eigenvalue weighted by atomic mass is 35.5. The summed E-state index contributed by atoms with van der Waals surface area (Å²) in [5.74, 6) is 0.203. The quantitative estimate of drug-likeness (QED) is 0.856. The van der Waals surface area contributed by atoms with Crippen LogP contribution in [0.2, 0.25) is 5.02 Å². The number of ether oxygens (including phenoxy) is 1. The fraction of sp³-hybridized carbons (Fsp3) is 0.250. The van der Waals surface area contributed by atoms with E-state index in [4.69, 9.17) is 16.3 Å². The summed E-state index contributed by atoms with van der Waals surface area (Å²) in [7, 11) is 0. The van der Waals surface area contributed by atoms with E-state index >= 15 is 0 Å². The van der Waals surface area contributed by atoms with Crippen LogP contribution in [0.5, 0.6) is 5.75 Å². The molecule has 0 aliphatic carbocycles. The highest BCUT2D eigenvalue weighted by Gasteiger charge is 2.06. The van der Waals surface area contributed by atoms with E-state index in [1.165, 1.54) is 24.3 Å². The molecule has 0 spiro atoms. The number of aryl methyl sites for hydroxylation is 1. The minimum absolute atomic E-state index is 0.123. The Kier molecular flexibility index (Phi) is 5.42. The largest absolute Gasteiger partial charge is 0.491 e. The number of rotatable bonds is 6. The summed E-state index contributed by atoms with van der Waals surface area (Å²) in [4.78, 5) is 0. The lowest BCUT2D eigenvalue weighted by atomic mass is 10.2. The van der Waals surface area contributed by atoms with Crippen LogP contribution in [0.1, 0.15) is 5.56 Å². The van der Waals surface area contributed by atoms with Crippen LogP contribution >= 0.6 is 11.6 Å². The summed E-state index contributed by atoms with van der Waals surface area (Å²) in [5, 5.41) is 13.6. The molecule has 0 aliphatic heterocycles. The molecule has 0 fully saturated rings. The molecule has 112 valence electrons. The first-order chi connectivity index (χ1) is 10.0. The molecule has 0 saturated heterocycles. The van der Waals surface area contributed by atoms with Crippen LogP contribution in [0, 0.1) is 12.7 Å². The zero-order valence-corrected chi connectivity index (χ0v) is 12.4. The van der Waals surface area contributed by atoms with Gasteiger partial charge in [-0.1, -0.05) is 17.7 Å². The summed E-state index contributed by atoms with van der Waals surface area (Å²) in [6.45, 7) is 2.39. The Hall–Kier alpha value is -1.78. The highest BCUT2D eigenvalue weighted by Crippen LogP contribution is 2.19. The van der Waals surface area contributed by atoms with Gasteiger partial charge in [0.2, 0.25) is 0 Å². The maximum absolute atomic E-state index is 12.7. The van der Waals surface area contributed by atoms with Gasteiger partial charge in [0.25, 0.3) is 0 Å². The van der Waals surface area contributed by atoms with Gasteiger partial charge in [-0.3, -0.25) is 0 Å². The lowest BCUT2D eigenvalue weighted by molar-refractivity contribution is 0.117. The van der Waals surface area contributed by atoms with Crippen molar-refractivity contribution in [1.29, 1.82) is 0 Å². The number of aliphatic hydroxyl groups is 1. The Bertz CT molecular complexity index is 589. The molecule has 0 amide bonds. The average Bonchev–Trinajstić information content (AvgIpc) is 2.48. The van der Waals surface area contributed by atoms with Crippen molar-refractivity contribution in [3.05, 3.63) is 58.9 Å². The first-order valence-corrected chi connectivity index (χ1v) is 6.99. The van der Waals surface area contributed by atoms with E-state index in [9.17, 15) is 9.50 Å². The Morgan fingerprint density at radius 1 is 1.24 bits per heavy atom. The van der Waals surface area contributed by atoms with Gasteiger partial charge >= 0.3 is 0 Å².